The Labute approximate surface area is 357 Å². The van der Waals surface area contributed by atoms with Gasteiger partial charge in [0, 0.05) is 28.3 Å². The number of hydrogen-bond acceptors (Lipinski definition) is 19. The molecular weight excluding hydrogens is 839 g/mol. The quantitative estimate of drug-likeness (QED) is 0.0924. The number of methoxy groups -OCH3 is 2. The number of phenolic OH excluding ortho intramolecular Hbond substituents is 3. The van der Waals surface area contributed by atoms with Gasteiger partial charge in [-0.2, -0.15) is 0 Å². The second-order valence-corrected chi connectivity index (χ2v) is 15.7. The zero-order valence-electron chi connectivity index (χ0n) is 34.6. The number of carbonyl (C=O) groups is 4. The molecule has 13 atom stereocenters. The minimum absolute atomic E-state index is 0.00986. The Hall–Kier alpha value is -5.33. The number of hydrogen-bond donors (Lipinski definition) is 10. The van der Waals surface area contributed by atoms with Gasteiger partial charge in [0.05, 0.1) is 49.7 Å². The zero-order valence-corrected chi connectivity index (χ0v) is 34.6. The lowest BCUT2D eigenvalue weighted by atomic mass is 9.74. The molecule has 1 amide bonds. The van der Waals surface area contributed by atoms with Crippen molar-refractivity contribution in [3.8, 4) is 34.1 Å². The van der Waals surface area contributed by atoms with Gasteiger partial charge in [0.15, 0.2) is 30.3 Å². The van der Waals surface area contributed by atoms with E-state index in [4.69, 9.17) is 28.4 Å². The van der Waals surface area contributed by atoms with E-state index in [1.165, 1.54) is 47.1 Å². The van der Waals surface area contributed by atoms with Crippen molar-refractivity contribution >= 4 is 23.4 Å². The monoisotopic (exact) mass is 886 g/mol. The minimum Gasteiger partial charge on any atom is -0.507 e. The Bertz CT molecular complexity index is 2360. The number of aromatic hydroxyl groups is 3. The molecule has 2 aliphatic heterocycles. The number of rotatable bonds is 10. The van der Waals surface area contributed by atoms with Crippen LogP contribution in [-0.2, 0) is 28.5 Å². The summed E-state index contributed by atoms with van der Waals surface area (Å²) >= 11 is 0. The standard InChI is InChI=1S/C42H47FN2O18/c1-12-7-19-25(33(52)22(12)39(56)45-13(2)40(57)59-6)24-17(10-18-26(34(24)53)30(49)16-8-15(58-5)9-20(47)23(16)29(18)48)31(50)37(19)62-42-36(55)38(28(44-4)14(3)60-42)63-41-27(43)35(54)32(51)21(11-46)61-41/h7-10,13-14,21,27-28,31-32,35-38,41-42,44,46-47,50-55H,11H2,1-6H3,(H,45,56)/t13?,14?,21?,27?,28?,31-,32?,35?,36?,37-,38?,41?,42?/m0/s1. The van der Waals surface area contributed by atoms with Gasteiger partial charge in [0.25, 0.3) is 5.91 Å². The fourth-order valence-electron chi connectivity index (χ4n) is 8.73. The van der Waals surface area contributed by atoms with Gasteiger partial charge in [-0.15, -0.1) is 0 Å². The molecule has 2 fully saturated rings. The number of benzene rings is 3. The maximum Gasteiger partial charge on any atom is 0.328 e. The second-order valence-electron chi connectivity index (χ2n) is 15.7. The first-order valence-electron chi connectivity index (χ1n) is 19.7. The number of nitrogens with one attached hydrogen (secondary N) is 2. The molecule has 20 nitrogen and oxygen atoms in total. The maximum atomic E-state index is 15.4. The van der Waals surface area contributed by atoms with Crippen LogP contribution in [0.1, 0.15) is 84.9 Å². The number of alkyl halides is 1. The lowest BCUT2D eigenvalue weighted by molar-refractivity contribution is -0.345. The predicted molar refractivity (Wildman–Crippen MR) is 210 cm³/mol. The number of phenols is 3. The highest BCUT2D eigenvalue weighted by Crippen LogP contribution is 2.57. The summed E-state index contributed by atoms with van der Waals surface area (Å²) in [6.07, 6.45) is -19.3. The first kappa shape index (κ1) is 45.7. The highest BCUT2D eigenvalue weighted by Gasteiger charge is 2.53. The topological polar surface area (TPSA) is 310 Å². The molecule has 0 bridgehead atoms. The van der Waals surface area contributed by atoms with Gasteiger partial charge in [-0.1, -0.05) is 6.07 Å². The van der Waals surface area contributed by atoms with Crippen LogP contribution in [0, 0.1) is 6.92 Å². The Morgan fingerprint density at radius 2 is 1.49 bits per heavy atom. The number of fused-ring (bicyclic) bond motifs is 5. The smallest absolute Gasteiger partial charge is 0.328 e. The molecule has 10 N–H and O–H groups in total. The van der Waals surface area contributed by atoms with E-state index in [2.05, 4.69) is 10.6 Å². The van der Waals surface area contributed by atoms with Crippen LogP contribution in [0.2, 0.25) is 0 Å². The summed E-state index contributed by atoms with van der Waals surface area (Å²) in [5.74, 6) is -6.03. The van der Waals surface area contributed by atoms with Crippen LogP contribution in [0.3, 0.4) is 0 Å². The molecule has 11 unspecified atom stereocenters. The fourth-order valence-corrected chi connectivity index (χ4v) is 8.73. The number of aryl methyl sites for hydroxylation is 1. The third-order valence-electron chi connectivity index (χ3n) is 12.0. The van der Waals surface area contributed by atoms with Crippen LogP contribution in [0.25, 0.3) is 11.1 Å². The molecule has 21 heteroatoms. The highest BCUT2D eigenvalue weighted by molar-refractivity contribution is 6.31. The van der Waals surface area contributed by atoms with Crippen LogP contribution in [0.15, 0.2) is 24.3 Å². The fraction of sp³-hybridized carbons (Fsp3) is 0.476. The van der Waals surface area contributed by atoms with Gasteiger partial charge in [-0.05, 0) is 56.6 Å². The highest BCUT2D eigenvalue weighted by atomic mass is 19.1. The van der Waals surface area contributed by atoms with E-state index < -0.39 is 155 Å². The molecule has 0 spiro atoms. The van der Waals surface area contributed by atoms with Crippen molar-refractivity contribution in [1.82, 2.24) is 10.6 Å². The maximum absolute atomic E-state index is 15.4. The van der Waals surface area contributed by atoms with E-state index in [1.54, 1.807) is 0 Å². The largest absolute Gasteiger partial charge is 0.507 e. The van der Waals surface area contributed by atoms with Crippen LogP contribution in [-0.4, -0.2) is 160 Å². The van der Waals surface area contributed by atoms with E-state index in [-0.39, 0.29) is 33.6 Å². The van der Waals surface area contributed by atoms with Gasteiger partial charge < -0.3 is 79.9 Å². The number of aliphatic hydroxyl groups is 5. The number of aliphatic hydroxyl groups excluding tert-OH is 5. The molecule has 63 heavy (non-hydrogen) atoms. The van der Waals surface area contributed by atoms with Crippen molar-refractivity contribution in [3.05, 3.63) is 68.8 Å². The van der Waals surface area contributed by atoms with Gasteiger partial charge in [-0.3, -0.25) is 14.4 Å². The summed E-state index contributed by atoms with van der Waals surface area (Å²) in [6.45, 7) is 3.45. The Morgan fingerprint density at radius 3 is 2.13 bits per heavy atom. The lowest BCUT2D eigenvalue weighted by Gasteiger charge is -2.47. The first-order chi connectivity index (χ1) is 29.8. The van der Waals surface area contributed by atoms with Crippen molar-refractivity contribution in [3.63, 3.8) is 0 Å². The van der Waals surface area contributed by atoms with Crippen molar-refractivity contribution in [2.45, 2.75) is 100 Å². The van der Waals surface area contributed by atoms with Crippen LogP contribution in [0.4, 0.5) is 4.39 Å². The molecule has 2 heterocycles. The van der Waals surface area contributed by atoms with Gasteiger partial charge in [0.2, 0.25) is 0 Å². The zero-order chi connectivity index (χ0) is 46.1. The molecule has 4 aliphatic rings. The number of esters is 1. The second kappa shape index (κ2) is 17.3. The number of amides is 1. The number of halogens is 1. The summed E-state index contributed by atoms with van der Waals surface area (Å²) < 4.78 is 48.9. The Morgan fingerprint density at radius 1 is 0.841 bits per heavy atom. The number of ketones is 2. The van der Waals surface area contributed by atoms with Crippen molar-refractivity contribution in [2.75, 3.05) is 27.9 Å². The molecular formula is C42H47FN2O18. The minimum atomic E-state index is -2.36. The van der Waals surface area contributed by atoms with Crippen molar-refractivity contribution in [2.24, 2.45) is 0 Å². The van der Waals surface area contributed by atoms with E-state index in [0.29, 0.717) is 0 Å². The molecule has 3 aromatic rings. The van der Waals surface area contributed by atoms with Gasteiger partial charge in [-0.25, -0.2) is 9.18 Å². The third-order valence-corrected chi connectivity index (χ3v) is 12.0. The molecule has 7 rings (SSSR count). The van der Waals surface area contributed by atoms with Gasteiger partial charge >= 0.3 is 5.97 Å². The van der Waals surface area contributed by atoms with E-state index in [0.717, 1.165) is 19.2 Å². The molecule has 0 radical (unpaired) electrons. The molecule has 0 aromatic heterocycles. The van der Waals surface area contributed by atoms with E-state index >= 15 is 4.39 Å². The van der Waals surface area contributed by atoms with Crippen molar-refractivity contribution in [1.29, 1.82) is 0 Å². The van der Waals surface area contributed by atoms with E-state index in [1.807, 2.05) is 0 Å². The average Bonchev–Trinajstić information content (AvgIpc) is 3.24. The Balaban J connectivity index is 1.36. The average molecular weight is 887 g/mol. The SMILES string of the molecule is CNC1C(C)OC(O[C@H]2c3cc(C)c(C(=O)NC(C)C(=O)OC)c(O)c3-c3c(cc4c(c3O)C(=O)c3cc(OC)cc(O)c3C4=O)[C@@H]2O)C(O)C1OC1OC(CO)C(O)C(O)C1F. The first-order valence-corrected chi connectivity index (χ1v) is 19.7. The molecule has 0 saturated carbocycles. The van der Waals surface area contributed by atoms with Crippen LogP contribution < -0.4 is 15.4 Å². The number of carbonyl (C=O) groups excluding carboxylic acids is 4. The summed E-state index contributed by atoms with van der Waals surface area (Å²) in [5, 5.41) is 94.6. The predicted octanol–water partition coefficient (Wildman–Crippen LogP) is -0.185. The normalized spacial score (nSPS) is 30.3. The molecule has 2 saturated heterocycles. The number of ether oxygens (including phenoxy) is 6. The lowest BCUT2D eigenvalue weighted by Crippen LogP contribution is -2.65. The summed E-state index contributed by atoms with van der Waals surface area (Å²) in [5.41, 5.74) is -3.40. The Kier molecular flexibility index (Phi) is 12.6. The van der Waals surface area contributed by atoms with Crippen molar-refractivity contribution < 1.29 is 92.8 Å². The van der Waals surface area contributed by atoms with E-state index in [9.17, 15) is 60.0 Å². The molecule has 340 valence electrons. The van der Waals surface area contributed by atoms with Gasteiger partial charge in [0.1, 0.15) is 71.8 Å². The molecule has 2 aliphatic carbocycles. The molecule has 3 aromatic carbocycles. The third kappa shape index (κ3) is 7.46. The summed E-state index contributed by atoms with van der Waals surface area (Å²) in [6, 6.07) is 2.52. The summed E-state index contributed by atoms with van der Waals surface area (Å²) in [4.78, 5) is 54.2. The van der Waals surface area contributed by atoms with Crippen LogP contribution in [0.5, 0.6) is 23.0 Å². The van der Waals surface area contributed by atoms with Crippen LogP contribution >= 0.6 is 0 Å². The summed E-state index contributed by atoms with van der Waals surface area (Å²) in [7, 11) is 3.85. The number of likely N-dealkylation sites (N-methyl/N-ethyl adjacent to an activating group) is 1.